The van der Waals surface area contributed by atoms with Gasteiger partial charge in [0.15, 0.2) is 0 Å². The number of hydrogen-bond acceptors (Lipinski definition) is 3. The Bertz CT molecular complexity index is 487. The number of nitrogens with one attached hydrogen (secondary N) is 1. The van der Waals surface area contributed by atoms with Crippen LogP contribution in [0.15, 0.2) is 24.3 Å². The predicted molar refractivity (Wildman–Crippen MR) is 84.4 cm³/mol. The molecule has 1 atom stereocenters. The molecule has 2 fully saturated rings. The number of rotatable bonds is 5. The molecule has 0 spiro atoms. The second-order valence-corrected chi connectivity index (χ2v) is 5.78. The number of carbonyl (C=O) groups is 1. The van der Waals surface area contributed by atoms with Crippen LogP contribution in [0.4, 0.5) is 4.39 Å². The number of carbonyl (C=O) groups excluding carboxylic acids is 1. The van der Waals surface area contributed by atoms with Crippen molar-refractivity contribution in [2.24, 2.45) is 0 Å². The maximum absolute atomic E-state index is 13.0. The molecule has 3 rings (SSSR count). The first kappa shape index (κ1) is 17.2. The molecular weight excluding hydrogens is 307 g/mol. The molecule has 1 unspecified atom stereocenters. The third-order valence-electron chi connectivity index (χ3n) is 3.98. The second kappa shape index (κ2) is 7.90. The standard InChI is InChI=1S/C16H21FN2O2.ClH/c17-13-3-1-12(2-4-13)11-19(14-5-6-14)16(20)9-15-10-18-7-8-21-15;/h1-4,14-15,18H,5-11H2;1H. The Balaban J connectivity index is 0.00000176. The lowest BCUT2D eigenvalue weighted by molar-refractivity contribution is -0.136. The van der Waals surface area contributed by atoms with Crippen molar-refractivity contribution in [2.75, 3.05) is 19.7 Å². The van der Waals surface area contributed by atoms with Gasteiger partial charge in [-0.05, 0) is 30.5 Å². The van der Waals surface area contributed by atoms with Crippen molar-refractivity contribution in [3.63, 3.8) is 0 Å². The lowest BCUT2D eigenvalue weighted by Crippen LogP contribution is -2.42. The zero-order valence-electron chi connectivity index (χ0n) is 12.5. The number of amides is 1. The monoisotopic (exact) mass is 328 g/mol. The van der Waals surface area contributed by atoms with E-state index in [4.69, 9.17) is 4.74 Å². The van der Waals surface area contributed by atoms with Crippen LogP contribution in [0.3, 0.4) is 0 Å². The lowest BCUT2D eigenvalue weighted by Gasteiger charge is -2.27. The van der Waals surface area contributed by atoms with Crippen LogP contribution in [-0.2, 0) is 16.1 Å². The van der Waals surface area contributed by atoms with Gasteiger partial charge < -0.3 is 15.0 Å². The zero-order chi connectivity index (χ0) is 14.7. The smallest absolute Gasteiger partial charge is 0.225 e. The van der Waals surface area contributed by atoms with E-state index in [-0.39, 0.29) is 30.2 Å². The van der Waals surface area contributed by atoms with Crippen LogP contribution >= 0.6 is 12.4 Å². The Morgan fingerprint density at radius 2 is 2.05 bits per heavy atom. The fourth-order valence-electron chi connectivity index (χ4n) is 2.66. The van der Waals surface area contributed by atoms with E-state index in [2.05, 4.69) is 5.32 Å². The van der Waals surface area contributed by atoms with E-state index in [1.165, 1.54) is 12.1 Å². The summed E-state index contributed by atoms with van der Waals surface area (Å²) >= 11 is 0. The molecule has 2 aliphatic rings. The van der Waals surface area contributed by atoms with Gasteiger partial charge in [-0.1, -0.05) is 12.1 Å². The van der Waals surface area contributed by atoms with Crippen LogP contribution < -0.4 is 5.32 Å². The highest BCUT2D eigenvalue weighted by molar-refractivity contribution is 5.85. The van der Waals surface area contributed by atoms with Gasteiger partial charge in [0.05, 0.1) is 19.1 Å². The van der Waals surface area contributed by atoms with Gasteiger partial charge in [-0.3, -0.25) is 4.79 Å². The highest BCUT2D eigenvalue weighted by Gasteiger charge is 2.33. The van der Waals surface area contributed by atoms with Gasteiger partial charge in [-0.15, -0.1) is 12.4 Å². The van der Waals surface area contributed by atoms with E-state index >= 15 is 0 Å². The molecule has 1 heterocycles. The average molecular weight is 329 g/mol. The molecule has 1 aliphatic carbocycles. The minimum absolute atomic E-state index is 0. The van der Waals surface area contributed by atoms with Crippen LogP contribution in [0.5, 0.6) is 0 Å². The quantitative estimate of drug-likeness (QED) is 0.900. The maximum Gasteiger partial charge on any atom is 0.225 e. The number of nitrogens with zero attached hydrogens (tertiary/aromatic N) is 1. The van der Waals surface area contributed by atoms with Crippen LogP contribution in [0.25, 0.3) is 0 Å². The zero-order valence-corrected chi connectivity index (χ0v) is 13.3. The Labute approximate surface area is 136 Å². The van der Waals surface area contributed by atoms with Crippen molar-refractivity contribution in [3.05, 3.63) is 35.6 Å². The molecule has 22 heavy (non-hydrogen) atoms. The van der Waals surface area contributed by atoms with E-state index in [1.54, 1.807) is 12.1 Å². The molecular formula is C16H22ClFN2O2. The van der Waals surface area contributed by atoms with E-state index < -0.39 is 0 Å². The number of hydrogen-bond donors (Lipinski definition) is 1. The van der Waals surface area contributed by atoms with Gasteiger partial charge in [0.1, 0.15) is 5.82 Å². The van der Waals surface area contributed by atoms with Gasteiger partial charge in [0.2, 0.25) is 5.91 Å². The summed E-state index contributed by atoms with van der Waals surface area (Å²) in [6, 6.07) is 6.73. The first-order valence-corrected chi connectivity index (χ1v) is 7.58. The van der Waals surface area contributed by atoms with Crippen molar-refractivity contribution in [1.29, 1.82) is 0 Å². The molecule has 4 nitrogen and oxygen atoms in total. The summed E-state index contributed by atoms with van der Waals surface area (Å²) in [7, 11) is 0. The normalized spacial score (nSPS) is 21.0. The topological polar surface area (TPSA) is 41.6 Å². The van der Waals surface area contributed by atoms with E-state index in [9.17, 15) is 9.18 Å². The van der Waals surface area contributed by atoms with E-state index in [0.29, 0.717) is 25.6 Å². The van der Waals surface area contributed by atoms with E-state index in [0.717, 1.165) is 31.5 Å². The highest BCUT2D eigenvalue weighted by Crippen LogP contribution is 2.29. The summed E-state index contributed by atoms with van der Waals surface area (Å²) in [6.07, 6.45) is 2.53. The van der Waals surface area contributed by atoms with Gasteiger partial charge in [-0.2, -0.15) is 0 Å². The number of morpholine rings is 1. The minimum Gasteiger partial charge on any atom is -0.375 e. The third kappa shape index (κ3) is 4.66. The SMILES string of the molecule is Cl.O=C(CC1CNCCO1)N(Cc1ccc(F)cc1)C1CC1. The molecule has 0 aromatic heterocycles. The summed E-state index contributed by atoms with van der Waals surface area (Å²) in [6.45, 7) is 2.82. The third-order valence-corrected chi connectivity index (χ3v) is 3.98. The molecule has 122 valence electrons. The average Bonchev–Trinajstić information content (AvgIpc) is 3.32. The number of benzene rings is 1. The van der Waals surface area contributed by atoms with Crippen LogP contribution in [0.2, 0.25) is 0 Å². The van der Waals surface area contributed by atoms with Crippen LogP contribution in [0, 0.1) is 5.82 Å². The molecule has 6 heteroatoms. The summed E-state index contributed by atoms with van der Waals surface area (Å²) in [4.78, 5) is 14.4. The Kier molecular flexibility index (Phi) is 6.17. The molecule has 1 saturated heterocycles. The fraction of sp³-hybridized carbons (Fsp3) is 0.562. The van der Waals surface area contributed by atoms with Crippen molar-refractivity contribution >= 4 is 18.3 Å². The molecule has 1 amide bonds. The van der Waals surface area contributed by atoms with Crippen LogP contribution in [0.1, 0.15) is 24.8 Å². The van der Waals surface area contributed by atoms with Crippen molar-refractivity contribution in [2.45, 2.75) is 38.0 Å². The summed E-state index contributed by atoms with van der Waals surface area (Å²) in [5.41, 5.74) is 0.972. The largest absolute Gasteiger partial charge is 0.375 e. The second-order valence-electron chi connectivity index (χ2n) is 5.78. The first-order valence-electron chi connectivity index (χ1n) is 7.58. The molecule has 1 saturated carbocycles. The molecule has 1 aromatic carbocycles. The Morgan fingerprint density at radius 1 is 1.32 bits per heavy atom. The fourth-order valence-corrected chi connectivity index (χ4v) is 2.66. The van der Waals surface area contributed by atoms with Crippen LogP contribution in [-0.4, -0.2) is 42.6 Å². The summed E-state index contributed by atoms with van der Waals surface area (Å²) in [5.74, 6) is -0.111. The Hall–Kier alpha value is -1.17. The predicted octanol–water partition coefficient (Wildman–Crippen LogP) is 2.12. The number of halogens is 2. The van der Waals surface area contributed by atoms with Gasteiger partial charge >= 0.3 is 0 Å². The molecule has 1 aliphatic heterocycles. The molecule has 1 N–H and O–H groups in total. The number of ether oxygens (including phenoxy) is 1. The van der Waals surface area contributed by atoms with Gasteiger partial charge in [-0.25, -0.2) is 4.39 Å². The molecule has 0 bridgehead atoms. The molecule has 1 aromatic rings. The molecule has 0 radical (unpaired) electrons. The van der Waals surface area contributed by atoms with Crippen molar-refractivity contribution in [3.8, 4) is 0 Å². The van der Waals surface area contributed by atoms with Crippen molar-refractivity contribution < 1.29 is 13.9 Å². The summed E-state index contributed by atoms with van der Waals surface area (Å²) in [5, 5.41) is 3.24. The lowest BCUT2D eigenvalue weighted by atomic mass is 10.1. The van der Waals surface area contributed by atoms with Crippen molar-refractivity contribution in [1.82, 2.24) is 10.2 Å². The van der Waals surface area contributed by atoms with Gasteiger partial charge in [0, 0.05) is 25.7 Å². The minimum atomic E-state index is -0.246. The summed E-state index contributed by atoms with van der Waals surface area (Å²) < 4.78 is 18.6. The highest BCUT2D eigenvalue weighted by atomic mass is 35.5. The maximum atomic E-state index is 13.0. The first-order chi connectivity index (χ1) is 10.2. The van der Waals surface area contributed by atoms with E-state index in [1.807, 2.05) is 4.90 Å². The Morgan fingerprint density at radius 3 is 2.64 bits per heavy atom. The van der Waals surface area contributed by atoms with Gasteiger partial charge in [0.25, 0.3) is 0 Å².